The zero-order chi connectivity index (χ0) is 16.9. The molecule has 0 amide bonds. The van der Waals surface area contributed by atoms with E-state index >= 15 is 0 Å². The number of fused-ring (bicyclic) bond motifs is 2. The van der Waals surface area contributed by atoms with Gasteiger partial charge in [0.25, 0.3) is 0 Å². The highest BCUT2D eigenvalue weighted by Gasteiger charge is 2.43. The summed E-state index contributed by atoms with van der Waals surface area (Å²) in [6.07, 6.45) is 1.95. The number of benzene rings is 2. The highest BCUT2D eigenvalue weighted by molar-refractivity contribution is 6.15. The number of pyridine rings is 1. The van der Waals surface area contributed by atoms with Crippen LogP contribution in [0.25, 0.3) is 10.9 Å². The molecule has 0 aliphatic carbocycles. The van der Waals surface area contributed by atoms with Crippen molar-refractivity contribution in [1.29, 1.82) is 0 Å². The maximum Gasteiger partial charge on any atom is 0.0744 e. The summed E-state index contributed by atoms with van der Waals surface area (Å²) in [7, 11) is 0. The number of para-hydroxylation sites is 1. The van der Waals surface area contributed by atoms with E-state index in [-0.39, 0.29) is 11.0 Å². The normalized spacial score (nSPS) is 18.1. The fraction of sp³-hybridized carbons (Fsp3) is 0.273. The minimum Gasteiger partial charge on any atom is -0.277 e. The van der Waals surface area contributed by atoms with Gasteiger partial charge in [-0.3, -0.25) is 9.98 Å². The van der Waals surface area contributed by atoms with E-state index < -0.39 is 0 Å². The van der Waals surface area contributed by atoms with E-state index in [9.17, 15) is 0 Å². The molecule has 120 valence electrons. The fourth-order valence-electron chi connectivity index (χ4n) is 3.46. The molecule has 3 aromatic rings. The van der Waals surface area contributed by atoms with Crippen LogP contribution in [0.4, 0.5) is 0 Å². The molecule has 2 aromatic carbocycles. The van der Waals surface area contributed by atoms with E-state index in [4.69, 9.17) is 4.99 Å². The molecule has 24 heavy (non-hydrogen) atoms. The van der Waals surface area contributed by atoms with Crippen molar-refractivity contribution >= 4 is 16.6 Å². The predicted molar refractivity (Wildman–Crippen MR) is 101 cm³/mol. The lowest BCUT2D eigenvalue weighted by Crippen LogP contribution is -2.46. The third-order valence-electron chi connectivity index (χ3n) is 5.64. The van der Waals surface area contributed by atoms with Gasteiger partial charge in [-0.25, -0.2) is 0 Å². The lowest BCUT2D eigenvalue weighted by Gasteiger charge is -2.44. The molecule has 2 nitrogen and oxygen atoms in total. The van der Waals surface area contributed by atoms with Crippen molar-refractivity contribution in [2.45, 2.75) is 38.6 Å². The highest BCUT2D eigenvalue weighted by atomic mass is 14.9. The van der Waals surface area contributed by atoms with Crippen LogP contribution < -0.4 is 0 Å². The van der Waals surface area contributed by atoms with Crippen LogP contribution in [0, 0.1) is 0 Å². The minimum atomic E-state index is -0.178. The van der Waals surface area contributed by atoms with Gasteiger partial charge < -0.3 is 0 Å². The average Bonchev–Trinajstić information content (AvgIpc) is 2.58. The van der Waals surface area contributed by atoms with Crippen LogP contribution in [-0.2, 0) is 5.41 Å². The molecule has 0 fully saturated rings. The van der Waals surface area contributed by atoms with Crippen LogP contribution in [0.2, 0.25) is 0 Å². The fourth-order valence-corrected chi connectivity index (χ4v) is 3.46. The summed E-state index contributed by atoms with van der Waals surface area (Å²) in [5.74, 6) is 0. The number of aliphatic imine (C=N–C) groups is 1. The Morgan fingerprint density at radius 1 is 0.833 bits per heavy atom. The molecular formula is C22H22N2. The van der Waals surface area contributed by atoms with Gasteiger partial charge in [0, 0.05) is 28.1 Å². The molecule has 0 N–H and O–H groups in total. The second-order valence-corrected chi connectivity index (χ2v) is 7.61. The van der Waals surface area contributed by atoms with E-state index in [1.807, 2.05) is 18.3 Å². The number of aromatic nitrogens is 1. The van der Waals surface area contributed by atoms with Gasteiger partial charge >= 0.3 is 0 Å². The van der Waals surface area contributed by atoms with Crippen LogP contribution in [0.5, 0.6) is 0 Å². The van der Waals surface area contributed by atoms with Gasteiger partial charge in [-0.05, 0) is 31.5 Å². The molecule has 2 heterocycles. The van der Waals surface area contributed by atoms with E-state index in [0.717, 1.165) is 22.2 Å². The number of nitrogens with zero attached hydrogens (tertiary/aromatic N) is 2. The van der Waals surface area contributed by atoms with Gasteiger partial charge in [-0.1, -0.05) is 56.3 Å². The Bertz CT molecular complexity index is 964. The lowest BCUT2D eigenvalue weighted by molar-refractivity contribution is 0.303. The summed E-state index contributed by atoms with van der Waals surface area (Å²) >= 11 is 0. The molecule has 2 heteroatoms. The van der Waals surface area contributed by atoms with Crippen molar-refractivity contribution in [3.8, 4) is 0 Å². The maximum absolute atomic E-state index is 5.16. The van der Waals surface area contributed by atoms with Crippen LogP contribution in [0.1, 0.15) is 44.4 Å². The van der Waals surface area contributed by atoms with Gasteiger partial charge in [0.15, 0.2) is 0 Å². The van der Waals surface area contributed by atoms with Crippen molar-refractivity contribution < 1.29 is 0 Å². The van der Waals surface area contributed by atoms with Crippen LogP contribution in [0.3, 0.4) is 0 Å². The third-order valence-corrected chi connectivity index (χ3v) is 5.64. The van der Waals surface area contributed by atoms with E-state index in [1.54, 1.807) is 0 Å². The van der Waals surface area contributed by atoms with Crippen molar-refractivity contribution in [3.05, 3.63) is 77.5 Å². The Morgan fingerprint density at radius 2 is 1.54 bits per heavy atom. The summed E-state index contributed by atoms with van der Waals surface area (Å²) < 4.78 is 0. The third kappa shape index (κ3) is 2.10. The molecular weight excluding hydrogens is 292 g/mol. The second kappa shape index (κ2) is 5.01. The van der Waals surface area contributed by atoms with E-state index in [1.165, 1.54) is 11.1 Å². The molecule has 4 rings (SSSR count). The molecule has 0 bridgehead atoms. The Balaban J connectivity index is 1.98. The molecule has 0 saturated heterocycles. The summed E-state index contributed by atoms with van der Waals surface area (Å²) in [5, 5.41) is 1.15. The molecule has 0 unspecified atom stereocenters. The second-order valence-electron chi connectivity index (χ2n) is 7.61. The van der Waals surface area contributed by atoms with Gasteiger partial charge in [-0.2, -0.15) is 0 Å². The molecule has 1 aliphatic heterocycles. The van der Waals surface area contributed by atoms with Crippen LogP contribution >= 0.6 is 0 Å². The monoisotopic (exact) mass is 314 g/mol. The molecule has 0 saturated carbocycles. The topological polar surface area (TPSA) is 25.2 Å². The number of rotatable bonds is 1. The highest BCUT2D eigenvalue weighted by Crippen LogP contribution is 2.43. The molecule has 0 spiro atoms. The van der Waals surface area contributed by atoms with E-state index in [0.29, 0.717) is 0 Å². The first-order valence-electron chi connectivity index (χ1n) is 8.45. The first-order valence-corrected chi connectivity index (χ1v) is 8.45. The molecule has 1 aliphatic rings. The standard InChI is InChI=1S/C22H22N2/c1-21(2)18-11-7-6-10-17(18)20(24-22(21,3)4)16-13-15-9-5-8-12-19(15)23-14-16/h5-14H,1-4H3. The summed E-state index contributed by atoms with van der Waals surface area (Å²) in [4.78, 5) is 9.79. The summed E-state index contributed by atoms with van der Waals surface area (Å²) in [6.45, 7) is 9.00. The average molecular weight is 314 g/mol. The van der Waals surface area contributed by atoms with Gasteiger partial charge in [0.05, 0.1) is 16.8 Å². The smallest absolute Gasteiger partial charge is 0.0744 e. The largest absolute Gasteiger partial charge is 0.277 e. The SMILES string of the molecule is CC1(C)N=C(c2cnc3ccccc3c2)c2ccccc2C1(C)C. The van der Waals surface area contributed by atoms with Crippen LogP contribution in [0.15, 0.2) is 65.8 Å². The molecule has 0 radical (unpaired) electrons. The Labute approximate surface area is 143 Å². The first-order chi connectivity index (χ1) is 11.4. The molecule has 1 aromatic heterocycles. The first kappa shape index (κ1) is 15.1. The lowest BCUT2D eigenvalue weighted by atomic mass is 9.66. The Hall–Kier alpha value is -2.48. The number of hydrogen-bond acceptors (Lipinski definition) is 2. The minimum absolute atomic E-state index is 0.0165. The van der Waals surface area contributed by atoms with Crippen molar-refractivity contribution in [3.63, 3.8) is 0 Å². The Kier molecular flexibility index (Phi) is 3.14. The van der Waals surface area contributed by atoms with E-state index in [2.05, 4.69) is 75.1 Å². The quantitative estimate of drug-likeness (QED) is 0.610. The van der Waals surface area contributed by atoms with Gasteiger partial charge in [0.1, 0.15) is 0 Å². The van der Waals surface area contributed by atoms with Crippen LogP contribution in [-0.4, -0.2) is 16.2 Å². The van der Waals surface area contributed by atoms with Crippen molar-refractivity contribution in [2.24, 2.45) is 4.99 Å². The maximum atomic E-state index is 5.16. The summed E-state index contributed by atoms with van der Waals surface area (Å²) in [5.41, 5.74) is 5.54. The van der Waals surface area contributed by atoms with Gasteiger partial charge in [0.2, 0.25) is 0 Å². The van der Waals surface area contributed by atoms with Crippen molar-refractivity contribution in [1.82, 2.24) is 4.98 Å². The zero-order valence-electron chi connectivity index (χ0n) is 14.7. The predicted octanol–water partition coefficient (Wildman–Crippen LogP) is 5.14. The molecule has 0 atom stereocenters. The summed E-state index contributed by atoms with van der Waals surface area (Å²) in [6, 6.07) is 19.1. The van der Waals surface area contributed by atoms with Gasteiger partial charge in [-0.15, -0.1) is 0 Å². The Morgan fingerprint density at radius 3 is 2.38 bits per heavy atom. The zero-order valence-corrected chi connectivity index (χ0v) is 14.7. The van der Waals surface area contributed by atoms with Crippen molar-refractivity contribution in [2.75, 3.05) is 0 Å². The number of hydrogen-bond donors (Lipinski definition) is 0.